The van der Waals surface area contributed by atoms with Crippen LogP contribution in [-0.2, 0) is 13.0 Å². The van der Waals surface area contributed by atoms with E-state index < -0.39 is 0 Å². The molecule has 100 valence electrons. The predicted octanol–water partition coefficient (Wildman–Crippen LogP) is 4.04. The van der Waals surface area contributed by atoms with Crippen LogP contribution in [-0.4, -0.2) is 18.0 Å². The summed E-state index contributed by atoms with van der Waals surface area (Å²) in [5.74, 6) is 1.09. The molecule has 0 saturated heterocycles. The zero-order valence-electron chi connectivity index (χ0n) is 10.6. The van der Waals surface area contributed by atoms with Crippen molar-refractivity contribution in [2.75, 3.05) is 13.2 Å². The number of nitrogens with one attached hydrogen (secondary N) is 1. The number of halogens is 2. The van der Waals surface area contributed by atoms with Crippen LogP contribution in [0.5, 0.6) is 5.75 Å². The van der Waals surface area contributed by atoms with Gasteiger partial charge in [0.05, 0.1) is 6.61 Å². The molecule has 18 heavy (non-hydrogen) atoms. The third kappa shape index (κ3) is 3.72. The molecule has 2 rings (SSSR count). The van der Waals surface area contributed by atoms with Crippen molar-refractivity contribution in [3.63, 3.8) is 0 Å². The first-order valence-corrected chi connectivity index (χ1v) is 8.20. The Labute approximate surface area is 126 Å². The maximum Gasteiger partial charge on any atom is 0.127 e. The van der Waals surface area contributed by atoms with Gasteiger partial charge in [0.1, 0.15) is 5.75 Å². The molecule has 0 fully saturated rings. The molecule has 1 aromatic carbocycles. The fourth-order valence-corrected chi connectivity index (χ4v) is 2.94. The summed E-state index contributed by atoms with van der Waals surface area (Å²) in [4.78, 5) is 0.620. The fourth-order valence-electron chi connectivity index (χ4n) is 2.16. The third-order valence-electron chi connectivity index (χ3n) is 3.22. The molecule has 1 aliphatic rings. The number of rotatable bonds is 6. The third-order valence-corrected chi connectivity index (χ3v) is 4.78. The van der Waals surface area contributed by atoms with Crippen LogP contribution in [0.1, 0.15) is 30.9 Å². The van der Waals surface area contributed by atoms with E-state index >= 15 is 0 Å². The second kappa shape index (κ2) is 6.92. The van der Waals surface area contributed by atoms with Crippen molar-refractivity contribution in [2.45, 2.75) is 37.6 Å². The minimum atomic E-state index is 0.620. The molecule has 0 radical (unpaired) electrons. The van der Waals surface area contributed by atoms with Crippen LogP contribution in [0.2, 0.25) is 0 Å². The summed E-state index contributed by atoms with van der Waals surface area (Å²) in [5, 5.41) is 3.49. The molecule has 1 atom stereocenters. The maximum absolute atomic E-state index is 5.71. The van der Waals surface area contributed by atoms with Gasteiger partial charge in [0.2, 0.25) is 0 Å². The molecule has 1 heterocycles. The van der Waals surface area contributed by atoms with E-state index in [-0.39, 0.29) is 0 Å². The van der Waals surface area contributed by atoms with Crippen molar-refractivity contribution in [1.82, 2.24) is 5.32 Å². The average molecular weight is 377 g/mol. The van der Waals surface area contributed by atoms with Gasteiger partial charge >= 0.3 is 0 Å². The molecule has 0 spiro atoms. The molecule has 1 N–H and O–H groups in total. The molecule has 1 aromatic rings. The van der Waals surface area contributed by atoms with Gasteiger partial charge < -0.3 is 10.1 Å². The second-order valence-electron chi connectivity index (χ2n) is 4.62. The number of benzene rings is 1. The van der Waals surface area contributed by atoms with Gasteiger partial charge in [0.15, 0.2) is 0 Å². The predicted molar refractivity (Wildman–Crippen MR) is 82.7 cm³/mol. The smallest absolute Gasteiger partial charge is 0.127 e. The minimum Gasteiger partial charge on any atom is -0.493 e. The van der Waals surface area contributed by atoms with E-state index in [2.05, 4.69) is 56.2 Å². The Hall–Kier alpha value is -0.0600. The highest BCUT2D eigenvalue weighted by Gasteiger charge is 2.17. The highest BCUT2D eigenvalue weighted by molar-refractivity contribution is 9.10. The summed E-state index contributed by atoms with van der Waals surface area (Å²) in [5.41, 5.74) is 2.59. The molecule has 0 aromatic heterocycles. The first-order valence-electron chi connectivity index (χ1n) is 6.49. The maximum atomic E-state index is 5.71. The molecular weight excluding hydrogens is 358 g/mol. The molecule has 0 aliphatic carbocycles. The summed E-state index contributed by atoms with van der Waals surface area (Å²) < 4.78 is 6.86. The van der Waals surface area contributed by atoms with E-state index in [0.29, 0.717) is 4.83 Å². The largest absolute Gasteiger partial charge is 0.493 e. The summed E-state index contributed by atoms with van der Waals surface area (Å²) in [7, 11) is 0. The Morgan fingerprint density at radius 2 is 2.28 bits per heavy atom. The monoisotopic (exact) mass is 375 g/mol. The van der Waals surface area contributed by atoms with Crippen molar-refractivity contribution in [3.8, 4) is 5.75 Å². The van der Waals surface area contributed by atoms with Crippen LogP contribution in [0.15, 0.2) is 16.6 Å². The number of hydrogen-bond acceptors (Lipinski definition) is 2. The van der Waals surface area contributed by atoms with Crippen LogP contribution in [0.4, 0.5) is 0 Å². The Balaban J connectivity index is 1.90. The topological polar surface area (TPSA) is 21.3 Å². The average Bonchev–Trinajstić information content (AvgIpc) is 2.81. The van der Waals surface area contributed by atoms with Gasteiger partial charge in [0.25, 0.3) is 0 Å². The molecule has 0 amide bonds. The molecule has 1 aliphatic heterocycles. The van der Waals surface area contributed by atoms with Gasteiger partial charge in [-0.15, -0.1) is 0 Å². The Morgan fingerprint density at radius 1 is 1.44 bits per heavy atom. The van der Waals surface area contributed by atoms with Crippen LogP contribution in [0.3, 0.4) is 0 Å². The zero-order valence-corrected chi connectivity index (χ0v) is 13.8. The summed E-state index contributed by atoms with van der Waals surface area (Å²) in [6, 6.07) is 4.32. The normalized spacial score (nSPS) is 15.3. The summed E-state index contributed by atoms with van der Waals surface area (Å²) in [6.07, 6.45) is 3.37. The molecular formula is C14H19Br2NO. The van der Waals surface area contributed by atoms with Crippen LogP contribution >= 0.6 is 31.9 Å². The highest BCUT2D eigenvalue weighted by atomic mass is 79.9. The van der Waals surface area contributed by atoms with E-state index in [9.17, 15) is 0 Å². The quantitative estimate of drug-likeness (QED) is 0.597. The lowest BCUT2D eigenvalue weighted by molar-refractivity contribution is 0.352. The lowest BCUT2D eigenvalue weighted by atomic mass is 10.1. The van der Waals surface area contributed by atoms with Gasteiger partial charge in [-0.2, -0.15) is 0 Å². The number of alkyl halides is 1. The van der Waals surface area contributed by atoms with Crippen molar-refractivity contribution < 1.29 is 4.74 Å². The molecule has 2 nitrogen and oxygen atoms in total. The SMILES string of the molecule is CCC(Br)CCNCc1cc(Br)cc2c1OCC2. The fraction of sp³-hybridized carbons (Fsp3) is 0.571. The van der Waals surface area contributed by atoms with Gasteiger partial charge in [0, 0.05) is 27.8 Å². The lowest BCUT2D eigenvalue weighted by Gasteiger charge is -2.11. The lowest BCUT2D eigenvalue weighted by Crippen LogP contribution is -2.18. The highest BCUT2D eigenvalue weighted by Crippen LogP contribution is 2.32. The van der Waals surface area contributed by atoms with Gasteiger partial charge in [-0.3, -0.25) is 0 Å². The Kier molecular flexibility index (Phi) is 5.52. The van der Waals surface area contributed by atoms with E-state index in [4.69, 9.17) is 4.74 Å². The van der Waals surface area contributed by atoms with E-state index in [0.717, 1.165) is 42.8 Å². The summed E-state index contributed by atoms with van der Waals surface area (Å²) >= 11 is 7.22. The Bertz CT molecular complexity index is 409. The van der Waals surface area contributed by atoms with Crippen molar-refractivity contribution in [2.24, 2.45) is 0 Å². The van der Waals surface area contributed by atoms with Crippen molar-refractivity contribution >= 4 is 31.9 Å². The number of ether oxygens (including phenoxy) is 1. The van der Waals surface area contributed by atoms with Crippen molar-refractivity contribution in [1.29, 1.82) is 0 Å². The van der Waals surface area contributed by atoms with Crippen molar-refractivity contribution in [3.05, 3.63) is 27.7 Å². The van der Waals surface area contributed by atoms with E-state index in [1.54, 1.807) is 0 Å². The van der Waals surface area contributed by atoms with Gasteiger partial charge in [-0.05, 0) is 37.1 Å². The first-order chi connectivity index (χ1) is 8.70. The molecule has 4 heteroatoms. The first kappa shape index (κ1) is 14.4. The molecule has 0 saturated carbocycles. The van der Waals surface area contributed by atoms with Gasteiger partial charge in [-0.1, -0.05) is 38.8 Å². The summed E-state index contributed by atoms with van der Waals surface area (Å²) in [6.45, 7) is 4.93. The van der Waals surface area contributed by atoms with Crippen LogP contribution in [0, 0.1) is 0 Å². The molecule has 1 unspecified atom stereocenters. The van der Waals surface area contributed by atoms with Crippen LogP contribution < -0.4 is 10.1 Å². The van der Waals surface area contributed by atoms with Gasteiger partial charge in [-0.25, -0.2) is 0 Å². The second-order valence-corrected chi connectivity index (χ2v) is 6.83. The molecule has 0 bridgehead atoms. The minimum absolute atomic E-state index is 0.620. The van der Waals surface area contributed by atoms with Crippen LogP contribution in [0.25, 0.3) is 0 Å². The number of hydrogen-bond donors (Lipinski definition) is 1. The Morgan fingerprint density at radius 3 is 3.06 bits per heavy atom. The number of fused-ring (bicyclic) bond motifs is 1. The standard InChI is InChI=1S/C14H19Br2NO/c1-2-12(15)3-5-17-9-11-8-13(16)7-10-4-6-18-14(10)11/h7-8,12,17H,2-6,9H2,1H3. The zero-order chi connectivity index (χ0) is 13.0. The van der Waals surface area contributed by atoms with E-state index in [1.165, 1.54) is 17.5 Å². The van der Waals surface area contributed by atoms with E-state index in [1.807, 2.05) is 0 Å².